The second-order valence-corrected chi connectivity index (χ2v) is 20.0. The third-order valence-corrected chi connectivity index (χ3v) is 15.5. The molecule has 0 fully saturated rings. The van der Waals surface area contributed by atoms with E-state index in [9.17, 15) is 0 Å². The van der Waals surface area contributed by atoms with Crippen LogP contribution in [0.15, 0.2) is 309 Å². The molecule has 13 aromatic rings. The molecule has 0 bridgehead atoms. The molecule has 76 heavy (non-hydrogen) atoms. The number of para-hydroxylation sites is 3. The van der Waals surface area contributed by atoms with Crippen LogP contribution in [0.5, 0.6) is 0 Å². The molecule has 360 valence electrons. The van der Waals surface area contributed by atoms with Gasteiger partial charge in [-0.1, -0.05) is 200 Å². The van der Waals surface area contributed by atoms with Gasteiger partial charge in [0.2, 0.25) is 0 Å². The minimum atomic E-state index is 1.10. The van der Waals surface area contributed by atoms with Gasteiger partial charge in [0.1, 0.15) is 0 Å². The van der Waals surface area contributed by atoms with Crippen LogP contribution in [0.25, 0.3) is 64.7 Å². The molecule has 0 spiro atoms. The predicted molar refractivity (Wildman–Crippen MR) is 325 cm³/mol. The van der Waals surface area contributed by atoms with E-state index in [1.54, 1.807) is 0 Å². The zero-order chi connectivity index (χ0) is 50.6. The van der Waals surface area contributed by atoms with E-state index in [1.807, 2.05) is 11.3 Å². The normalized spacial score (nSPS) is 11.2. The topological polar surface area (TPSA) is 9.72 Å². The van der Waals surface area contributed by atoms with Crippen molar-refractivity contribution in [2.24, 2.45) is 0 Å². The zero-order valence-electron chi connectivity index (χ0n) is 41.7. The minimum absolute atomic E-state index is 1.10. The molecule has 0 atom stereocenters. The van der Waals surface area contributed by atoms with Gasteiger partial charge < -0.3 is 14.7 Å². The van der Waals surface area contributed by atoms with Crippen molar-refractivity contribution < 1.29 is 0 Å². The van der Waals surface area contributed by atoms with E-state index in [2.05, 4.69) is 324 Å². The van der Waals surface area contributed by atoms with Crippen LogP contribution in [0.2, 0.25) is 0 Å². The van der Waals surface area contributed by atoms with Crippen LogP contribution < -0.4 is 14.7 Å². The zero-order valence-corrected chi connectivity index (χ0v) is 42.5. The van der Waals surface area contributed by atoms with Gasteiger partial charge >= 0.3 is 0 Å². The number of thiophene rings is 1. The van der Waals surface area contributed by atoms with Gasteiger partial charge in [-0.25, -0.2) is 0 Å². The molecule has 12 aromatic carbocycles. The Morgan fingerprint density at radius 1 is 0.184 bits per heavy atom. The third-order valence-electron chi connectivity index (χ3n) is 14.3. The molecular weight excluding hydrogens is 939 g/mol. The summed E-state index contributed by atoms with van der Waals surface area (Å²) in [6, 6.07) is 111. The van der Waals surface area contributed by atoms with Crippen LogP contribution in [0.3, 0.4) is 0 Å². The predicted octanol–water partition coefficient (Wildman–Crippen LogP) is 21.1. The van der Waals surface area contributed by atoms with Crippen molar-refractivity contribution in [1.82, 2.24) is 0 Å². The SMILES string of the molecule is c1ccc(N(c2ccc(-c3ccc(-c4ccc(N(c5ccccc5)c5cccc6ccccc56)cc4)cc3)cc2)c2ccc(-c3ccc(-c4ccc(N(c5ccccc5)c5cccc6ccccc56)cc4)s3)cc2)cc1. The molecule has 1 aromatic heterocycles. The van der Waals surface area contributed by atoms with Gasteiger partial charge in [0, 0.05) is 60.3 Å². The molecule has 0 saturated heterocycles. The fourth-order valence-electron chi connectivity index (χ4n) is 10.5. The Bertz CT molecular complexity index is 4050. The number of benzene rings is 12. The van der Waals surface area contributed by atoms with Crippen molar-refractivity contribution in [3.63, 3.8) is 0 Å². The number of rotatable bonds is 13. The summed E-state index contributed by atoms with van der Waals surface area (Å²) in [4.78, 5) is 9.51. The van der Waals surface area contributed by atoms with Crippen LogP contribution in [-0.4, -0.2) is 0 Å². The fraction of sp³-hybridized carbons (Fsp3) is 0. The van der Waals surface area contributed by atoms with Crippen LogP contribution in [0.1, 0.15) is 0 Å². The first-order chi connectivity index (χ1) is 37.7. The average Bonchev–Trinajstić information content (AvgIpc) is 4.00. The largest absolute Gasteiger partial charge is 0.311 e. The number of anilines is 9. The maximum absolute atomic E-state index is 2.35. The van der Waals surface area contributed by atoms with Crippen molar-refractivity contribution in [3.05, 3.63) is 309 Å². The summed E-state index contributed by atoms with van der Waals surface area (Å²) in [6.45, 7) is 0. The molecule has 0 saturated carbocycles. The molecule has 0 radical (unpaired) electrons. The molecule has 0 unspecified atom stereocenters. The summed E-state index contributed by atoms with van der Waals surface area (Å²) in [5, 5.41) is 4.88. The lowest BCUT2D eigenvalue weighted by Gasteiger charge is -2.27. The van der Waals surface area contributed by atoms with Gasteiger partial charge in [-0.05, 0) is 153 Å². The highest BCUT2D eigenvalue weighted by Gasteiger charge is 2.19. The van der Waals surface area contributed by atoms with E-state index in [1.165, 1.54) is 64.7 Å². The molecule has 4 heteroatoms. The summed E-state index contributed by atoms with van der Waals surface area (Å²) < 4.78 is 0. The Morgan fingerprint density at radius 3 is 0.816 bits per heavy atom. The number of hydrogen-bond donors (Lipinski definition) is 0. The van der Waals surface area contributed by atoms with Gasteiger partial charge in [0.15, 0.2) is 0 Å². The summed E-state index contributed by atoms with van der Waals surface area (Å²) >= 11 is 1.82. The lowest BCUT2D eigenvalue weighted by atomic mass is 9.99. The van der Waals surface area contributed by atoms with E-state index >= 15 is 0 Å². The van der Waals surface area contributed by atoms with Gasteiger partial charge in [0.05, 0.1) is 11.4 Å². The number of nitrogens with zero attached hydrogens (tertiary/aromatic N) is 3. The average molecular weight is 990 g/mol. The van der Waals surface area contributed by atoms with E-state index < -0.39 is 0 Å². The van der Waals surface area contributed by atoms with Crippen LogP contribution in [0, 0.1) is 0 Å². The van der Waals surface area contributed by atoms with E-state index in [0.717, 1.165) is 51.2 Å². The molecule has 13 rings (SSSR count). The molecule has 0 aliphatic rings. The standard InChI is InChI=1S/C72H51N3S/c1-4-20-60(21-5-1)73(64-46-38-58(39-47-64)71-50-51-72(76-71)59-40-48-66(49-41-59)75(62-24-8-3-9-25-62)70-29-15-19-57-17-11-13-27-68(57)70)63-42-34-54(35-43-63)52-30-32-53(33-31-52)55-36-44-65(45-37-55)74(61-22-6-2-7-23-61)69-28-14-18-56-16-10-12-26-67(56)69/h1-51H. The number of hydrogen-bond acceptors (Lipinski definition) is 4. The quantitative estimate of drug-likeness (QED) is 0.114. The van der Waals surface area contributed by atoms with Gasteiger partial charge in [-0.3, -0.25) is 0 Å². The highest BCUT2D eigenvalue weighted by molar-refractivity contribution is 7.18. The van der Waals surface area contributed by atoms with Crippen molar-refractivity contribution in [2.75, 3.05) is 14.7 Å². The minimum Gasteiger partial charge on any atom is -0.311 e. The summed E-state index contributed by atoms with van der Waals surface area (Å²) in [5.41, 5.74) is 17.2. The molecule has 1 heterocycles. The van der Waals surface area contributed by atoms with Crippen LogP contribution in [-0.2, 0) is 0 Å². The maximum atomic E-state index is 2.35. The van der Waals surface area contributed by atoms with Crippen molar-refractivity contribution in [1.29, 1.82) is 0 Å². The monoisotopic (exact) mass is 989 g/mol. The lowest BCUT2D eigenvalue weighted by Crippen LogP contribution is -2.10. The van der Waals surface area contributed by atoms with E-state index in [4.69, 9.17) is 0 Å². The Kier molecular flexibility index (Phi) is 12.5. The summed E-state index contributed by atoms with van der Waals surface area (Å²) in [6.07, 6.45) is 0. The van der Waals surface area contributed by atoms with Crippen molar-refractivity contribution in [3.8, 4) is 43.1 Å². The first-order valence-corrected chi connectivity index (χ1v) is 26.6. The highest BCUT2D eigenvalue weighted by atomic mass is 32.1. The van der Waals surface area contributed by atoms with Crippen LogP contribution in [0.4, 0.5) is 51.2 Å². The highest BCUT2D eigenvalue weighted by Crippen LogP contribution is 2.44. The lowest BCUT2D eigenvalue weighted by molar-refractivity contribution is 1.28. The molecule has 0 N–H and O–H groups in total. The smallest absolute Gasteiger partial charge is 0.0540 e. The first-order valence-electron chi connectivity index (χ1n) is 25.8. The van der Waals surface area contributed by atoms with Crippen molar-refractivity contribution in [2.45, 2.75) is 0 Å². The third kappa shape index (κ3) is 9.19. The second-order valence-electron chi connectivity index (χ2n) is 18.9. The Balaban J connectivity index is 0.723. The molecular formula is C72H51N3S. The van der Waals surface area contributed by atoms with E-state index in [0.29, 0.717) is 0 Å². The second kappa shape index (κ2) is 20.6. The molecule has 0 amide bonds. The molecule has 0 aliphatic carbocycles. The molecule has 0 aliphatic heterocycles. The summed E-state index contributed by atoms with van der Waals surface area (Å²) in [7, 11) is 0. The Hall–Kier alpha value is -9.74. The maximum Gasteiger partial charge on any atom is 0.0540 e. The summed E-state index contributed by atoms with van der Waals surface area (Å²) in [5.74, 6) is 0. The fourth-order valence-corrected chi connectivity index (χ4v) is 11.5. The van der Waals surface area contributed by atoms with E-state index in [-0.39, 0.29) is 0 Å². The first kappa shape index (κ1) is 46.1. The van der Waals surface area contributed by atoms with Crippen LogP contribution >= 0.6 is 11.3 Å². The van der Waals surface area contributed by atoms with Gasteiger partial charge in [0.25, 0.3) is 0 Å². The Labute approximate surface area is 448 Å². The van der Waals surface area contributed by atoms with Gasteiger partial charge in [-0.2, -0.15) is 0 Å². The van der Waals surface area contributed by atoms with Gasteiger partial charge in [-0.15, -0.1) is 11.3 Å². The number of fused-ring (bicyclic) bond motifs is 2. The van der Waals surface area contributed by atoms with Crippen molar-refractivity contribution >= 4 is 84.1 Å². The molecule has 3 nitrogen and oxygen atoms in total. The Morgan fingerprint density at radius 2 is 0.447 bits per heavy atom.